The molecule has 1 amide bonds. The first kappa shape index (κ1) is 17.7. The number of rotatable bonds is 4. The maximum atomic E-state index is 13.0. The third-order valence-electron chi connectivity index (χ3n) is 5.37. The molecule has 2 heterocycles. The lowest BCUT2D eigenvalue weighted by molar-refractivity contribution is -0.134. The topological polar surface area (TPSA) is 51.5 Å². The predicted molar refractivity (Wildman–Crippen MR) is 107 cm³/mol. The van der Waals surface area contributed by atoms with Gasteiger partial charge in [-0.05, 0) is 44.0 Å². The van der Waals surface area contributed by atoms with Crippen LogP contribution in [-0.2, 0) is 16.1 Å². The highest BCUT2D eigenvalue weighted by Crippen LogP contribution is 2.20. The highest BCUT2D eigenvalue weighted by molar-refractivity contribution is 5.94. The number of carbonyl (C=O) groups is 1. The molecule has 0 N–H and O–H groups in total. The van der Waals surface area contributed by atoms with Crippen molar-refractivity contribution >= 4 is 27.7 Å². The van der Waals surface area contributed by atoms with E-state index in [0.717, 1.165) is 37.0 Å². The normalized spacial score (nSPS) is 15.5. The largest absolute Gasteiger partial charge is 0.378 e. The second-order valence-corrected chi connectivity index (χ2v) is 6.99. The summed E-state index contributed by atoms with van der Waals surface area (Å²) in [5, 5.41) is 1.30. The molecular formula is C22H24N2O3. The van der Waals surface area contributed by atoms with E-state index in [1.54, 1.807) is 0 Å². The summed E-state index contributed by atoms with van der Waals surface area (Å²) in [5.41, 5.74) is 1.62. The second-order valence-electron chi connectivity index (χ2n) is 6.99. The number of likely N-dealkylation sites (tertiary alicyclic amines) is 1. The molecule has 0 atom stereocenters. The SMILES string of the molecule is CCOC1CCN(C(=O)Cn2c3ccccc3c(=O)c3ccccc32)CC1. The number of benzene rings is 2. The summed E-state index contributed by atoms with van der Waals surface area (Å²) in [4.78, 5) is 27.7. The van der Waals surface area contributed by atoms with Crippen LogP contribution in [0, 0.1) is 0 Å². The first-order valence-electron chi connectivity index (χ1n) is 9.58. The van der Waals surface area contributed by atoms with Crippen molar-refractivity contribution in [3.8, 4) is 0 Å². The Kier molecular flexibility index (Phi) is 4.94. The number of hydrogen-bond donors (Lipinski definition) is 0. The standard InChI is InChI=1S/C22H24N2O3/c1-2-27-16-11-13-23(14-12-16)21(25)15-24-19-9-5-3-7-17(19)22(26)18-8-4-6-10-20(18)24/h3-10,16H,2,11-15H2,1H3. The molecular weight excluding hydrogens is 340 g/mol. The van der Waals surface area contributed by atoms with Gasteiger partial charge in [0.15, 0.2) is 5.43 Å². The van der Waals surface area contributed by atoms with Gasteiger partial charge in [-0.1, -0.05) is 24.3 Å². The summed E-state index contributed by atoms with van der Waals surface area (Å²) in [5.74, 6) is 0.0869. The van der Waals surface area contributed by atoms with E-state index < -0.39 is 0 Å². The lowest BCUT2D eigenvalue weighted by Gasteiger charge is -2.32. The number of para-hydroxylation sites is 2. The molecule has 1 aliphatic rings. The van der Waals surface area contributed by atoms with Crippen molar-refractivity contribution in [2.75, 3.05) is 19.7 Å². The van der Waals surface area contributed by atoms with Crippen LogP contribution in [0.4, 0.5) is 0 Å². The Bertz CT molecular complexity index is 973. The number of pyridine rings is 1. The Balaban J connectivity index is 1.68. The molecule has 0 unspecified atom stereocenters. The molecule has 0 bridgehead atoms. The molecule has 5 nitrogen and oxygen atoms in total. The van der Waals surface area contributed by atoms with Gasteiger partial charge in [0.25, 0.3) is 0 Å². The fourth-order valence-electron chi connectivity index (χ4n) is 3.99. The van der Waals surface area contributed by atoms with Crippen LogP contribution in [0.3, 0.4) is 0 Å². The maximum absolute atomic E-state index is 13.0. The molecule has 3 aromatic rings. The summed E-state index contributed by atoms with van der Waals surface area (Å²) in [6.07, 6.45) is 2.02. The van der Waals surface area contributed by atoms with Crippen molar-refractivity contribution in [1.82, 2.24) is 9.47 Å². The van der Waals surface area contributed by atoms with Gasteiger partial charge in [0, 0.05) is 30.5 Å². The molecule has 0 saturated carbocycles. The third kappa shape index (κ3) is 3.35. The van der Waals surface area contributed by atoms with Crippen molar-refractivity contribution in [1.29, 1.82) is 0 Å². The first-order chi connectivity index (χ1) is 13.2. The molecule has 1 aromatic heterocycles. The van der Waals surface area contributed by atoms with Gasteiger partial charge >= 0.3 is 0 Å². The lowest BCUT2D eigenvalue weighted by atomic mass is 10.1. The van der Waals surface area contributed by atoms with Crippen molar-refractivity contribution in [3.63, 3.8) is 0 Å². The molecule has 1 saturated heterocycles. The van der Waals surface area contributed by atoms with Crippen LogP contribution in [-0.4, -0.2) is 41.2 Å². The van der Waals surface area contributed by atoms with Gasteiger partial charge in [0.05, 0.1) is 17.1 Å². The van der Waals surface area contributed by atoms with Crippen LogP contribution in [0.25, 0.3) is 21.8 Å². The molecule has 4 rings (SSSR count). The summed E-state index contributed by atoms with van der Waals surface area (Å²) < 4.78 is 7.65. The molecule has 27 heavy (non-hydrogen) atoms. The minimum atomic E-state index is 0.0161. The van der Waals surface area contributed by atoms with Gasteiger partial charge in [-0.25, -0.2) is 0 Å². The number of aromatic nitrogens is 1. The second kappa shape index (κ2) is 7.53. The number of fused-ring (bicyclic) bond motifs is 2. The zero-order valence-electron chi connectivity index (χ0n) is 15.6. The van der Waals surface area contributed by atoms with E-state index in [1.165, 1.54) is 0 Å². The lowest BCUT2D eigenvalue weighted by Crippen LogP contribution is -2.42. The molecule has 1 fully saturated rings. The zero-order chi connectivity index (χ0) is 18.8. The monoisotopic (exact) mass is 364 g/mol. The van der Waals surface area contributed by atoms with E-state index in [9.17, 15) is 9.59 Å². The van der Waals surface area contributed by atoms with E-state index >= 15 is 0 Å². The molecule has 0 radical (unpaired) electrons. The number of amides is 1. The Labute approximate surface area is 158 Å². The summed E-state index contributed by atoms with van der Waals surface area (Å²) in [6, 6.07) is 15.0. The van der Waals surface area contributed by atoms with Gasteiger partial charge < -0.3 is 14.2 Å². The minimum absolute atomic E-state index is 0.0161. The number of carbonyl (C=O) groups excluding carboxylic acids is 1. The first-order valence-corrected chi connectivity index (χ1v) is 9.58. The molecule has 0 aliphatic carbocycles. The van der Waals surface area contributed by atoms with Crippen molar-refractivity contribution in [2.45, 2.75) is 32.4 Å². The number of nitrogens with zero attached hydrogens (tertiary/aromatic N) is 2. The number of ether oxygens (including phenoxy) is 1. The van der Waals surface area contributed by atoms with E-state index in [4.69, 9.17) is 4.74 Å². The van der Waals surface area contributed by atoms with Gasteiger partial charge in [0.1, 0.15) is 6.54 Å². The predicted octanol–water partition coefficient (Wildman–Crippen LogP) is 3.18. The quantitative estimate of drug-likeness (QED) is 0.668. The van der Waals surface area contributed by atoms with Crippen molar-refractivity contribution in [3.05, 3.63) is 58.8 Å². The van der Waals surface area contributed by atoms with Crippen molar-refractivity contribution in [2.24, 2.45) is 0 Å². The van der Waals surface area contributed by atoms with Crippen LogP contribution >= 0.6 is 0 Å². The summed E-state index contributed by atoms with van der Waals surface area (Å²) >= 11 is 0. The zero-order valence-corrected chi connectivity index (χ0v) is 15.6. The van der Waals surface area contributed by atoms with Crippen LogP contribution in [0.1, 0.15) is 19.8 Å². The summed E-state index contributed by atoms with van der Waals surface area (Å²) in [7, 11) is 0. The molecule has 2 aromatic carbocycles. The Morgan fingerprint density at radius 3 is 2.11 bits per heavy atom. The molecule has 0 spiro atoms. The smallest absolute Gasteiger partial charge is 0.242 e. The molecule has 5 heteroatoms. The van der Waals surface area contributed by atoms with Crippen LogP contribution in [0.5, 0.6) is 0 Å². The average Bonchev–Trinajstić information content (AvgIpc) is 2.72. The van der Waals surface area contributed by atoms with E-state index in [2.05, 4.69) is 0 Å². The van der Waals surface area contributed by atoms with Crippen LogP contribution < -0.4 is 5.43 Å². The van der Waals surface area contributed by atoms with Gasteiger partial charge in [-0.2, -0.15) is 0 Å². The molecule has 1 aliphatic heterocycles. The molecule has 140 valence electrons. The van der Waals surface area contributed by atoms with Crippen LogP contribution in [0.15, 0.2) is 53.3 Å². The third-order valence-corrected chi connectivity index (χ3v) is 5.37. The van der Waals surface area contributed by atoms with Gasteiger partial charge in [-0.15, -0.1) is 0 Å². The van der Waals surface area contributed by atoms with Gasteiger partial charge in [0.2, 0.25) is 5.91 Å². The Morgan fingerprint density at radius 1 is 1.00 bits per heavy atom. The minimum Gasteiger partial charge on any atom is -0.378 e. The number of hydrogen-bond acceptors (Lipinski definition) is 3. The number of piperidine rings is 1. The maximum Gasteiger partial charge on any atom is 0.242 e. The highest BCUT2D eigenvalue weighted by atomic mass is 16.5. The van der Waals surface area contributed by atoms with E-state index in [0.29, 0.717) is 17.4 Å². The van der Waals surface area contributed by atoms with E-state index in [1.807, 2.05) is 64.9 Å². The fourth-order valence-corrected chi connectivity index (χ4v) is 3.99. The van der Waals surface area contributed by atoms with Crippen LogP contribution in [0.2, 0.25) is 0 Å². The van der Waals surface area contributed by atoms with Gasteiger partial charge in [-0.3, -0.25) is 9.59 Å². The average molecular weight is 364 g/mol. The van der Waals surface area contributed by atoms with Crippen molar-refractivity contribution < 1.29 is 9.53 Å². The Morgan fingerprint density at radius 2 is 1.56 bits per heavy atom. The Hall–Kier alpha value is -2.66. The summed E-state index contributed by atoms with van der Waals surface area (Å²) in [6.45, 7) is 4.40. The highest BCUT2D eigenvalue weighted by Gasteiger charge is 2.23. The van der Waals surface area contributed by atoms with E-state index in [-0.39, 0.29) is 24.0 Å². The fraction of sp³-hybridized carbons (Fsp3) is 0.364.